The number of anilines is 1. The van der Waals surface area contributed by atoms with Crippen LogP contribution in [0.25, 0.3) is 0 Å². The second-order valence-electron chi connectivity index (χ2n) is 3.95. The van der Waals surface area contributed by atoms with Gasteiger partial charge in [0.2, 0.25) is 0 Å². The van der Waals surface area contributed by atoms with E-state index in [1.165, 1.54) is 0 Å². The van der Waals surface area contributed by atoms with Crippen LogP contribution in [0.2, 0.25) is 5.02 Å². The van der Waals surface area contributed by atoms with Gasteiger partial charge < -0.3 is 15.4 Å². The van der Waals surface area contributed by atoms with Crippen molar-refractivity contribution in [3.05, 3.63) is 21.8 Å². The van der Waals surface area contributed by atoms with Gasteiger partial charge in [0.25, 0.3) is 0 Å². The number of pyridine rings is 1. The third-order valence-corrected chi connectivity index (χ3v) is 3.61. The Morgan fingerprint density at radius 1 is 1.67 bits per heavy atom. The molecule has 1 aromatic rings. The molecular weight excluding hydrogens is 338 g/mol. The Morgan fingerprint density at radius 2 is 2.50 bits per heavy atom. The van der Waals surface area contributed by atoms with Gasteiger partial charge in [-0.15, -0.1) is 0 Å². The maximum Gasteiger partial charge on any atom is 0.172 e. The van der Waals surface area contributed by atoms with Gasteiger partial charge in [0, 0.05) is 19.3 Å². The van der Waals surface area contributed by atoms with E-state index in [0.29, 0.717) is 16.0 Å². The number of thiocarbonyl (C=S) groups is 1. The zero-order valence-electron chi connectivity index (χ0n) is 9.58. The molecule has 0 aliphatic carbocycles. The lowest BCUT2D eigenvalue weighted by molar-refractivity contribution is 0.114. The predicted octanol–water partition coefficient (Wildman–Crippen LogP) is 2.96. The molecule has 1 aliphatic rings. The van der Waals surface area contributed by atoms with Gasteiger partial charge in [-0.3, -0.25) is 0 Å². The summed E-state index contributed by atoms with van der Waals surface area (Å²) >= 11 is 14.4. The predicted molar refractivity (Wildman–Crippen MR) is 80.1 cm³/mol. The molecule has 98 valence electrons. The lowest BCUT2D eigenvalue weighted by Gasteiger charge is -2.14. The van der Waals surface area contributed by atoms with Crippen LogP contribution >= 0.6 is 39.7 Å². The van der Waals surface area contributed by atoms with E-state index in [4.69, 9.17) is 28.6 Å². The van der Waals surface area contributed by atoms with E-state index in [-0.39, 0.29) is 6.10 Å². The molecule has 4 nitrogen and oxygen atoms in total. The fourth-order valence-electron chi connectivity index (χ4n) is 1.67. The average molecular weight is 351 g/mol. The Labute approximate surface area is 125 Å². The third-order valence-electron chi connectivity index (χ3n) is 2.55. The molecule has 0 saturated carbocycles. The quantitative estimate of drug-likeness (QED) is 0.821. The van der Waals surface area contributed by atoms with E-state index in [2.05, 4.69) is 31.5 Å². The van der Waals surface area contributed by atoms with Gasteiger partial charge in [-0.05, 0) is 47.1 Å². The molecule has 1 aliphatic heterocycles. The highest BCUT2D eigenvalue weighted by Gasteiger charge is 2.15. The fourth-order valence-corrected chi connectivity index (χ4v) is 2.59. The second kappa shape index (κ2) is 6.65. The van der Waals surface area contributed by atoms with Crippen LogP contribution in [0.15, 0.2) is 16.7 Å². The normalized spacial score (nSPS) is 18.7. The van der Waals surface area contributed by atoms with Gasteiger partial charge >= 0.3 is 0 Å². The Kier molecular flexibility index (Phi) is 5.17. The zero-order chi connectivity index (χ0) is 13.0. The number of nitrogens with one attached hydrogen (secondary N) is 2. The standard InChI is InChI=1S/C11H13BrClN3OS/c12-9-4-7(13)5-14-10(9)16-11(18)15-6-8-2-1-3-17-8/h4-5,8H,1-3,6H2,(H2,14,15,16,18)/t8-/m0/s1. The highest BCUT2D eigenvalue weighted by Crippen LogP contribution is 2.22. The van der Waals surface area contributed by atoms with Crippen molar-refractivity contribution in [2.24, 2.45) is 0 Å². The van der Waals surface area contributed by atoms with Crippen molar-refractivity contribution in [3.8, 4) is 0 Å². The first-order valence-corrected chi connectivity index (χ1v) is 7.20. The van der Waals surface area contributed by atoms with Crippen LogP contribution in [0, 0.1) is 0 Å². The Balaban J connectivity index is 1.82. The summed E-state index contributed by atoms with van der Waals surface area (Å²) in [7, 11) is 0. The smallest absolute Gasteiger partial charge is 0.172 e. The first-order chi connectivity index (χ1) is 8.65. The van der Waals surface area contributed by atoms with Crippen LogP contribution in [-0.2, 0) is 4.74 Å². The van der Waals surface area contributed by atoms with Crippen LogP contribution in [0.5, 0.6) is 0 Å². The van der Waals surface area contributed by atoms with Crippen molar-refractivity contribution < 1.29 is 4.74 Å². The van der Waals surface area contributed by atoms with E-state index in [9.17, 15) is 0 Å². The molecule has 1 fully saturated rings. The highest BCUT2D eigenvalue weighted by molar-refractivity contribution is 9.10. The largest absolute Gasteiger partial charge is 0.376 e. The summed E-state index contributed by atoms with van der Waals surface area (Å²) in [6.45, 7) is 1.56. The first kappa shape index (κ1) is 14.0. The van der Waals surface area contributed by atoms with Crippen molar-refractivity contribution in [3.63, 3.8) is 0 Å². The summed E-state index contributed by atoms with van der Waals surface area (Å²) < 4.78 is 6.28. The Hall–Kier alpha value is -0.430. The molecule has 2 N–H and O–H groups in total. The van der Waals surface area contributed by atoms with E-state index in [1.807, 2.05) is 0 Å². The molecule has 1 aromatic heterocycles. The summed E-state index contributed by atoms with van der Waals surface area (Å²) in [5.74, 6) is 0.643. The molecule has 0 bridgehead atoms. The van der Waals surface area contributed by atoms with Crippen molar-refractivity contribution in [1.82, 2.24) is 10.3 Å². The lowest BCUT2D eigenvalue weighted by atomic mass is 10.2. The highest BCUT2D eigenvalue weighted by atomic mass is 79.9. The number of nitrogens with zero attached hydrogens (tertiary/aromatic N) is 1. The van der Waals surface area contributed by atoms with Gasteiger partial charge in [-0.25, -0.2) is 4.98 Å². The monoisotopic (exact) mass is 349 g/mol. The first-order valence-electron chi connectivity index (χ1n) is 5.62. The molecule has 2 heterocycles. The molecule has 0 unspecified atom stereocenters. The lowest BCUT2D eigenvalue weighted by Crippen LogP contribution is -2.35. The minimum absolute atomic E-state index is 0.256. The third kappa shape index (κ3) is 4.05. The minimum Gasteiger partial charge on any atom is -0.376 e. The number of rotatable bonds is 3. The van der Waals surface area contributed by atoms with E-state index >= 15 is 0 Å². The van der Waals surface area contributed by atoms with Gasteiger partial charge in [0.1, 0.15) is 5.82 Å². The van der Waals surface area contributed by atoms with Crippen LogP contribution in [0.4, 0.5) is 5.82 Å². The summed E-state index contributed by atoms with van der Waals surface area (Å²) in [5, 5.41) is 7.23. The molecule has 0 spiro atoms. The number of hydrogen-bond acceptors (Lipinski definition) is 3. The molecule has 0 aromatic carbocycles. The number of halogens is 2. The molecular formula is C11H13BrClN3OS. The summed E-state index contributed by atoms with van der Waals surface area (Å²) in [6.07, 6.45) is 4.03. The maximum atomic E-state index is 5.82. The second-order valence-corrected chi connectivity index (χ2v) is 5.65. The molecule has 1 saturated heterocycles. The fraction of sp³-hybridized carbons (Fsp3) is 0.455. The number of hydrogen-bond donors (Lipinski definition) is 2. The van der Waals surface area contributed by atoms with Crippen molar-refractivity contribution in [2.75, 3.05) is 18.5 Å². The van der Waals surface area contributed by atoms with Gasteiger partial charge in [0.15, 0.2) is 5.11 Å². The van der Waals surface area contributed by atoms with E-state index in [1.54, 1.807) is 12.3 Å². The maximum absolute atomic E-state index is 5.82. The topological polar surface area (TPSA) is 46.2 Å². The molecule has 0 radical (unpaired) electrons. The molecule has 18 heavy (non-hydrogen) atoms. The summed E-state index contributed by atoms with van der Waals surface area (Å²) in [4.78, 5) is 4.15. The Morgan fingerprint density at radius 3 is 3.17 bits per heavy atom. The minimum atomic E-state index is 0.256. The SMILES string of the molecule is S=C(NC[C@@H]1CCCO1)Nc1ncc(Cl)cc1Br. The summed E-state index contributed by atoms with van der Waals surface area (Å²) in [6, 6.07) is 1.76. The molecule has 0 amide bonds. The van der Waals surface area contributed by atoms with Crippen molar-refractivity contribution in [1.29, 1.82) is 0 Å². The molecule has 7 heteroatoms. The number of ether oxygens (including phenoxy) is 1. The van der Waals surface area contributed by atoms with Crippen LogP contribution in [0.3, 0.4) is 0 Å². The van der Waals surface area contributed by atoms with Crippen LogP contribution in [0.1, 0.15) is 12.8 Å². The summed E-state index contributed by atoms with van der Waals surface area (Å²) in [5.41, 5.74) is 0. The van der Waals surface area contributed by atoms with Gasteiger partial charge in [0.05, 0.1) is 15.6 Å². The van der Waals surface area contributed by atoms with Crippen LogP contribution in [-0.4, -0.2) is 29.4 Å². The average Bonchev–Trinajstić information content (AvgIpc) is 2.83. The van der Waals surface area contributed by atoms with E-state index < -0.39 is 0 Å². The molecule has 2 rings (SSSR count). The zero-order valence-corrected chi connectivity index (χ0v) is 12.7. The van der Waals surface area contributed by atoms with Crippen molar-refractivity contribution >= 4 is 50.7 Å². The van der Waals surface area contributed by atoms with Crippen LogP contribution < -0.4 is 10.6 Å². The van der Waals surface area contributed by atoms with Gasteiger partial charge in [-0.1, -0.05) is 11.6 Å². The Bertz CT molecular complexity index is 440. The van der Waals surface area contributed by atoms with E-state index in [0.717, 1.165) is 30.5 Å². The number of aromatic nitrogens is 1. The van der Waals surface area contributed by atoms with Gasteiger partial charge in [-0.2, -0.15) is 0 Å². The molecule has 1 atom stereocenters. The van der Waals surface area contributed by atoms with Crippen molar-refractivity contribution in [2.45, 2.75) is 18.9 Å².